The van der Waals surface area contributed by atoms with Crippen molar-refractivity contribution < 1.29 is 0 Å². The quantitative estimate of drug-likeness (QED) is 0.871. The van der Waals surface area contributed by atoms with Gasteiger partial charge in [0.2, 0.25) is 0 Å². The molecule has 1 aromatic rings. The third-order valence-electron chi connectivity index (χ3n) is 3.62. The van der Waals surface area contributed by atoms with E-state index in [1.54, 1.807) is 0 Å². The molecule has 1 aliphatic carbocycles. The van der Waals surface area contributed by atoms with E-state index in [0.717, 1.165) is 18.5 Å². The maximum Gasteiger partial charge on any atom is 0.0850 e. The molecule has 17 heavy (non-hydrogen) atoms. The molecule has 0 radical (unpaired) electrons. The monoisotopic (exact) mass is 233 g/mol. The zero-order valence-corrected chi connectivity index (χ0v) is 10.9. The highest BCUT2D eigenvalue weighted by Gasteiger charge is 2.13. The molecule has 1 saturated carbocycles. The summed E-state index contributed by atoms with van der Waals surface area (Å²) in [5, 5.41) is 4.60. The minimum atomic E-state index is 0.353. The van der Waals surface area contributed by atoms with Gasteiger partial charge >= 0.3 is 0 Å². The van der Waals surface area contributed by atoms with Crippen molar-refractivity contribution in [1.29, 1.82) is 0 Å². The predicted octanol–water partition coefficient (Wildman–Crippen LogP) is 3.14. The number of rotatable bonds is 3. The number of aromatic nitrogens is 2. The van der Waals surface area contributed by atoms with Crippen LogP contribution in [0.5, 0.6) is 0 Å². The summed E-state index contributed by atoms with van der Waals surface area (Å²) in [7, 11) is 0. The Bertz CT molecular complexity index is 392. The molecule has 2 atom stereocenters. The lowest BCUT2D eigenvalue weighted by Crippen LogP contribution is -2.23. The van der Waals surface area contributed by atoms with Gasteiger partial charge < -0.3 is 5.73 Å². The third-order valence-corrected chi connectivity index (χ3v) is 3.62. The smallest absolute Gasteiger partial charge is 0.0850 e. The van der Waals surface area contributed by atoms with Crippen LogP contribution in [-0.4, -0.2) is 15.8 Å². The molecule has 1 aliphatic rings. The van der Waals surface area contributed by atoms with E-state index in [0.29, 0.717) is 12.1 Å². The Hall–Kier alpha value is -1.09. The second-order valence-corrected chi connectivity index (χ2v) is 5.14. The van der Waals surface area contributed by atoms with E-state index >= 15 is 0 Å². The minimum Gasteiger partial charge on any atom is -0.327 e. The minimum absolute atomic E-state index is 0.353. The van der Waals surface area contributed by atoms with Gasteiger partial charge in [0.05, 0.1) is 5.69 Å². The Morgan fingerprint density at radius 3 is 3.18 bits per heavy atom. The number of nitrogens with zero attached hydrogens (tertiary/aromatic N) is 2. The summed E-state index contributed by atoms with van der Waals surface area (Å²) in [5.74, 6) is 0. The van der Waals surface area contributed by atoms with Crippen LogP contribution in [0, 0.1) is 0 Å². The summed E-state index contributed by atoms with van der Waals surface area (Å²) in [5.41, 5.74) is 8.52. The van der Waals surface area contributed by atoms with Crippen LogP contribution < -0.4 is 5.73 Å². The van der Waals surface area contributed by atoms with Gasteiger partial charge in [0.15, 0.2) is 0 Å². The molecule has 0 spiro atoms. The van der Waals surface area contributed by atoms with Crippen molar-refractivity contribution in [2.24, 2.45) is 5.73 Å². The summed E-state index contributed by atoms with van der Waals surface area (Å²) in [4.78, 5) is 0. The molecule has 0 aromatic carbocycles. The van der Waals surface area contributed by atoms with Crippen LogP contribution in [0.15, 0.2) is 17.8 Å². The third kappa shape index (κ3) is 3.19. The second kappa shape index (κ2) is 5.50. The van der Waals surface area contributed by atoms with Gasteiger partial charge in [0.1, 0.15) is 0 Å². The lowest BCUT2D eigenvalue weighted by Gasteiger charge is -2.20. The molecule has 1 heterocycles. The molecular formula is C14H23N3. The molecule has 2 N–H and O–H groups in total. The van der Waals surface area contributed by atoms with E-state index in [-0.39, 0.29) is 0 Å². The number of hydrogen-bond acceptors (Lipinski definition) is 2. The highest BCUT2D eigenvalue weighted by molar-refractivity contribution is 5.48. The van der Waals surface area contributed by atoms with E-state index in [1.807, 2.05) is 0 Å². The van der Waals surface area contributed by atoms with Crippen LogP contribution in [0.25, 0.3) is 6.08 Å². The summed E-state index contributed by atoms with van der Waals surface area (Å²) >= 11 is 0. The van der Waals surface area contributed by atoms with Crippen molar-refractivity contribution >= 4 is 6.08 Å². The van der Waals surface area contributed by atoms with E-state index in [4.69, 9.17) is 5.73 Å². The fourth-order valence-corrected chi connectivity index (χ4v) is 2.33. The van der Waals surface area contributed by atoms with Gasteiger partial charge in [-0.25, -0.2) is 0 Å². The Labute approximate surface area is 104 Å². The molecule has 0 aliphatic heterocycles. The maximum absolute atomic E-state index is 5.99. The van der Waals surface area contributed by atoms with E-state index < -0.39 is 0 Å². The molecule has 3 heteroatoms. The van der Waals surface area contributed by atoms with Crippen molar-refractivity contribution in [3.8, 4) is 0 Å². The van der Waals surface area contributed by atoms with E-state index in [2.05, 4.69) is 42.0 Å². The van der Waals surface area contributed by atoms with Gasteiger partial charge in [-0.1, -0.05) is 12.5 Å². The molecule has 94 valence electrons. The van der Waals surface area contributed by atoms with Crippen LogP contribution >= 0.6 is 0 Å². The summed E-state index contributed by atoms with van der Waals surface area (Å²) in [6, 6.07) is 2.93. The van der Waals surface area contributed by atoms with Gasteiger partial charge in [0.25, 0.3) is 0 Å². The van der Waals surface area contributed by atoms with Gasteiger partial charge in [0, 0.05) is 18.3 Å². The van der Waals surface area contributed by atoms with Crippen LogP contribution in [0.2, 0.25) is 0 Å². The van der Waals surface area contributed by atoms with Crippen LogP contribution in [-0.2, 0) is 0 Å². The Balaban J connectivity index is 2.07. The zero-order chi connectivity index (χ0) is 12.3. The first-order valence-electron chi connectivity index (χ1n) is 6.69. The highest BCUT2D eigenvalue weighted by atomic mass is 15.3. The molecule has 1 fully saturated rings. The average Bonchev–Trinajstić information content (AvgIpc) is 2.76. The fourth-order valence-electron chi connectivity index (χ4n) is 2.33. The summed E-state index contributed by atoms with van der Waals surface area (Å²) in [6.45, 7) is 4.38. The lowest BCUT2D eigenvalue weighted by atomic mass is 9.91. The van der Waals surface area contributed by atoms with E-state index in [1.165, 1.54) is 24.8 Å². The second-order valence-electron chi connectivity index (χ2n) is 5.14. The molecule has 0 amide bonds. The normalized spacial score (nSPS) is 25.1. The molecule has 3 nitrogen and oxygen atoms in total. The van der Waals surface area contributed by atoms with E-state index in [9.17, 15) is 0 Å². The number of nitrogens with two attached hydrogens (primary N) is 1. The first-order valence-corrected chi connectivity index (χ1v) is 6.69. The molecule has 0 saturated heterocycles. The lowest BCUT2D eigenvalue weighted by molar-refractivity contribution is 0.477. The fraction of sp³-hybridized carbons (Fsp3) is 0.643. The maximum atomic E-state index is 5.99. The van der Waals surface area contributed by atoms with Crippen molar-refractivity contribution in [2.75, 3.05) is 0 Å². The first-order chi connectivity index (χ1) is 8.19. The van der Waals surface area contributed by atoms with Gasteiger partial charge in [-0.15, -0.1) is 0 Å². The van der Waals surface area contributed by atoms with Gasteiger partial charge in [-0.05, 0) is 51.2 Å². The highest BCUT2D eigenvalue weighted by Crippen LogP contribution is 2.24. The predicted molar refractivity (Wildman–Crippen MR) is 71.6 cm³/mol. The van der Waals surface area contributed by atoms with Gasteiger partial charge in [-0.3, -0.25) is 4.68 Å². The van der Waals surface area contributed by atoms with Crippen molar-refractivity contribution in [3.05, 3.63) is 23.5 Å². The van der Waals surface area contributed by atoms with Crippen LogP contribution in [0.4, 0.5) is 0 Å². The molecular weight excluding hydrogens is 210 g/mol. The first kappa shape index (κ1) is 12.4. The Kier molecular flexibility index (Phi) is 4.00. The largest absolute Gasteiger partial charge is 0.327 e. The zero-order valence-electron chi connectivity index (χ0n) is 10.9. The standard InChI is InChI=1S/C14H23N3/c1-3-11(2)17-8-7-14(16-17)10-12-5-4-6-13(15)9-12/h7-8,10-11,13H,3-6,9,15H2,1-2H3. The molecule has 2 unspecified atom stereocenters. The van der Waals surface area contributed by atoms with Crippen LogP contribution in [0.3, 0.4) is 0 Å². The Morgan fingerprint density at radius 1 is 1.65 bits per heavy atom. The van der Waals surface area contributed by atoms with Crippen molar-refractivity contribution in [3.63, 3.8) is 0 Å². The van der Waals surface area contributed by atoms with Crippen molar-refractivity contribution in [2.45, 2.75) is 58.0 Å². The number of hydrogen-bond donors (Lipinski definition) is 1. The average molecular weight is 233 g/mol. The molecule has 2 rings (SSSR count). The SMILES string of the molecule is CCC(C)n1ccc(C=C2CCCC(N)C2)n1. The summed E-state index contributed by atoms with van der Waals surface area (Å²) < 4.78 is 2.05. The molecule has 0 bridgehead atoms. The molecule has 1 aromatic heterocycles. The summed E-state index contributed by atoms with van der Waals surface area (Å²) in [6.07, 6.45) is 10.0. The van der Waals surface area contributed by atoms with Gasteiger partial charge in [-0.2, -0.15) is 5.10 Å². The van der Waals surface area contributed by atoms with Crippen LogP contribution in [0.1, 0.15) is 57.7 Å². The Morgan fingerprint density at radius 2 is 2.47 bits per heavy atom. The topological polar surface area (TPSA) is 43.8 Å². The van der Waals surface area contributed by atoms with Crippen molar-refractivity contribution in [1.82, 2.24) is 9.78 Å².